The Morgan fingerprint density at radius 2 is 1.96 bits per heavy atom. The molecule has 0 aliphatic carbocycles. The maximum Gasteiger partial charge on any atom is 0.191 e. The van der Waals surface area contributed by atoms with Crippen LogP contribution in [0.5, 0.6) is 0 Å². The molecular formula is C21H38IN5O. The highest BCUT2D eigenvalue weighted by Crippen LogP contribution is 2.27. The molecule has 2 aliphatic rings. The van der Waals surface area contributed by atoms with E-state index in [4.69, 9.17) is 9.41 Å². The average Bonchev–Trinajstić information content (AvgIpc) is 3.42. The zero-order valence-electron chi connectivity index (χ0n) is 17.7. The number of hydrogen-bond acceptors (Lipinski definition) is 4. The van der Waals surface area contributed by atoms with Crippen molar-refractivity contribution in [2.24, 2.45) is 4.99 Å². The second-order valence-corrected chi connectivity index (χ2v) is 7.73. The number of halogens is 1. The minimum Gasteiger partial charge on any atom is -0.465 e. The molecule has 0 bridgehead atoms. The van der Waals surface area contributed by atoms with Crippen molar-refractivity contribution in [3.63, 3.8) is 0 Å². The lowest BCUT2D eigenvalue weighted by molar-refractivity contribution is 0.219. The van der Waals surface area contributed by atoms with Crippen LogP contribution in [0.4, 0.5) is 0 Å². The number of aryl methyl sites for hydroxylation is 1. The molecule has 2 unspecified atom stereocenters. The molecule has 160 valence electrons. The van der Waals surface area contributed by atoms with Gasteiger partial charge in [-0.2, -0.15) is 0 Å². The van der Waals surface area contributed by atoms with Crippen molar-refractivity contribution < 1.29 is 4.42 Å². The minimum absolute atomic E-state index is 0. The van der Waals surface area contributed by atoms with Gasteiger partial charge in [-0.05, 0) is 77.8 Å². The molecule has 1 aromatic rings. The zero-order valence-corrected chi connectivity index (χ0v) is 20.1. The summed E-state index contributed by atoms with van der Waals surface area (Å²) in [5, 5.41) is 6.99. The van der Waals surface area contributed by atoms with E-state index in [1.54, 1.807) is 0 Å². The molecule has 2 aliphatic heterocycles. The summed E-state index contributed by atoms with van der Waals surface area (Å²) in [6, 6.07) is 5.04. The summed E-state index contributed by atoms with van der Waals surface area (Å²) >= 11 is 0. The summed E-state index contributed by atoms with van der Waals surface area (Å²) in [4.78, 5) is 10.0. The molecule has 28 heavy (non-hydrogen) atoms. The maximum atomic E-state index is 5.96. The Hall–Kier alpha value is -0.800. The molecule has 0 spiro atoms. The van der Waals surface area contributed by atoms with Crippen LogP contribution in [0.3, 0.4) is 0 Å². The van der Waals surface area contributed by atoms with Crippen molar-refractivity contribution >= 4 is 29.9 Å². The molecule has 0 radical (unpaired) electrons. The van der Waals surface area contributed by atoms with Gasteiger partial charge in [-0.25, -0.2) is 0 Å². The molecule has 2 fully saturated rings. The average molecular weight is 503 g/mol. The number of likely N-dealkylation sites (N-methyl/N-ethyl adjacent to an activating group) is 1. The van der Waals surface area contributed by atoms with Gasteiger partial charge in [-0.15, -0.1) is 24.0 Å². The van der Waals surface area contributed by atoms with E-state index in [1.807, 2.05) is 6.92 Å². The van der Waals surface area contributed by atoms with Gasteiger partial charge in [0.2, 0.25) is 0 Å². The normalized spacial score (nSPS) is 22.2. The number of likely N-dealkylation sites (tertiary alicyclic amines) is 2. The second-order valence-electron chi connectivity index (χ2n) is 7.73. The number of guanidine groups is 1. The quantitative estimate of drug-likeness (QED) is 0.324. The van der Waals surface area contributed by atoms with E-state index < -0.39 is 0 Å². The van der Waals surface area contributed by atoms with Crippen molar-refractivity contribution in [2.45, 2.75) is 58.5 Å². The fourth-order valence-corrected chi connectivity index (χ4v) is 4.35. The fraction of sp³-hybridized carbons (Fsp3) is 0.762. The van der Waals surface area contributed by atoms with Gasteiger partial charge in [-0.1, -0.05) is 6.92 Å². The van der Waals surface area contributed by atoms with Crippen molar-refractivity contribution in [2.75, 3.05) is 45.8 Å². The third-order valence-corrected chi connectivity index (χ3v) is 5.85. The van der Waals surface area contributed by atoms with Crippen LogP contribution in [0.15, 0.2) is 21.5 Å². The van der Waals surface area contributed by atoms with Crippen LogP contribution in [0.25, 0.3) is 0 Å². The summed E-state index contributed by atoms with van der Waals surface area (Å²) in [6.07, 6.45) is 5.13. The van der Waals surface area contributed by atoms with E-state index in [2.05, 4.69) is 46.4 Å². The fourth-order valence-electron chi connectivity index (χ4n) is 4.35. The molecular weight excluding hydrogens is 465 g/mol. The number of furan rings is 1. The molecule has 2 saturated heterocycles. The molecule has 3 heterocycles. The van der Waals surface area contributed by atoms with E-state index in [0.29, 0.717) is 6.04 Å². The molecule has 0 amide bonds. The Labute approximate surface area is 187 Å². The lowest BCUT2D eigenvalue weighted by Crippen LogP contribution is -2.45. The van der Waals surface area contributed by atoms with Gasteiger partial charge in [-0.3, -0.25) is 14.8 Å². The summed E-state index contributed by atoms with van der Waals surface area (Å²) in [5.74, 6) is 2.94. The lowest BCUT2D eigenvalue weighted by atomic mass is 10.2. The first-order chi connectivity index (χ1) is 13.2. The van der Waals surface area contributed by atoms with Crippen molar-refractivity contribution in [1.29, 1.82) is 0 Å². The highest BCUT2D eigenvalue weighted by molar-refractivity contribution is 14.0. The first-order valence-electron chi connectivity index (χ1n) is 10.8. The Kier molecular flexibility index (Phi) is 10.1. The maximum absolute atomic E-state index is 5.96. The third-order valence-electron chi connectivity index (χ3n) is 5.85. The molecule has 6 nitrogen and oxygen atoms in total. The van der Waals surface area contributed by atoms with Gasteiger partial charge in [0.15, 0.2) is 5.96 Å². The topological polar surface area (TPSA) is 56.0 Å². The highest BCUT2D eigenvalue weighted by Gasteiger charge is 2.26. The molecule has 2 N–H and O–H groups in total. The van der Waals surface area contributed by atoms with Crippen LogP contribution < -0.4 is 10.6 Å². The smallest absolute Gasteiger partial charge is 0.191 e. The summed E-state index contributed by atoms with van der Waals surface area (Å²) in [6.45, 7) is 13.6. The Morgan fingerprint density at radius 3 is 2.61 bits per heavy atom. The lowest BCUT2D eigenvalue weighted by Gasteiger charge is -2.26. The van der Waals surface area contributed by atoms with Crippen molar-refractivity contribution in [3.05, 3.63) is 23.7 Å². The summed E-state index contributed by atoms with van der Waals surface area (Å²) in [7, 11) is 0. The largest absolute Gasteiger partial charge is 0.465 e. The molecule has 1 aromatic heterocycles. The van der Waals surface area contributed by atoms with Crippen molar-refractivity contribution in [3.8, 4) is 0 Å². The molecule has 7 heteroatoms. The minimum atomic E-state index is 0. The van der Waals surface area contributed by atoms with Crippen LogP contribution in [0.1, 0.15) is 57.1 Å². The molecule has 3 rings (SSSR count). The number of nitrogens with zero attached hydrogens (tertiary/aromatic N) is 3. The van der Waals surface area contributed by atoms with E-state index in [1.165, 1.54) is 32.2 Å². The van der Waals surface area contributed by atoms with Crippen LogP contribution >= 0.6 is 24.0 Å². The van der Waals surface area contributed by atoms with Gasteiger partial charge in [0.05, 0.1) is 12.6 Å². The predicted octanol–water partition coefficient (Wildman–Crippen LogP) is 3.38. The monoisotopic (exact) mass is 503 g/mol. The number of aliphatic imine (C=N–C) groups is 1. The van der Waals surface area contributed by atoms with Crippen molar-refractivity contribution in [1.82, 2.24) is 20.4 Å². The van der Waals surface area contributed by atoms with Crippen LogP contribution in [0.2, 0.25) is 0 Å². The Balaban J connectivity index is 0.00000280. The molecule has 0 aromatic carbocycles. The van der Waals surface area contributed by atoms with E-state index in [9.17, 15) is 0 Å². The van der Waals surface area contributed by atoms with Crippen LogP contribution in [-0.4, -0.2) is 67.6 Å². The predicted molar refractivity (Wildman–Crippen MR) is 127 cm³/mol. The molecule has 2 atom stereocenters. The number of nitrogens with one attached hydrogen (secondary N) is 2. The van der Waals surface area contributed by atoms with E-state index in [-0.39, 0.29) is 30.0 Å². The standard InChI is InChI=1S/C21H37N5O.HI/c1-4-22-21(23-15-18-9-8-14-25(18)5-2)24-16-19(26-12-6-7-13-26)20-11-10-17(3)27-20;/h10-11,18-19H,4-9,12-16H2,1-3H3,(H2,22,23,24);1H. The Bertz CT molecular complexity index is 599. The Morgan fingerprint density at radius 1 is 1.18 bits per heavy atom. The van der Waals surface area contributed by atoms with Crippen LogP contribution in [0, 0.1) is 6.92 Å². The van der Waals surface area contributed by atoms with Gasteiger partial charge in [0.25, 0.3) is 0 Å². The van der Waals surface area contributed by atoms with Gasteiger partial charge in [0, 0.05) is 19.1 Å². The second kappa shape index (κ2) is 12.0. The van der Waals surface area contributed by atoms with Gasteiger partial charge in [0.1, 0.15) is 11.5 Å². The first kappa shape index (κ1) is 23.5. The van der Waals surface area contributed by atoms with Gasteiger partial charge >= 0.3 is 0 Å². The summed E-state index contributed by atoms with van der Waals surface area (Å²) in [5.41, 5.74) is 0. The molecule has 0 saturated carbocycles. The van der Waals surface area contributed by atoms with Crippen LogP contribution in [-0.2, 0) is 0 Å². The SMILES string of the molecule is CCNC(=NCC(c1ccc(C)o1)N1CCCC1)NCC1CCCN1CC.I. The first-order valence-corrected chi connectivity index (χ1v) is 10.8. The highest BCUT2D eigenvalue weighted by atomic mass is 127. The number of rotatable bonds is 8. The van der Waals surface area contributed by atoms with Gasteiger partial charge < -0.3 is 15.1 Å². The van der Waals surface area contributed by atoms with E-state index in [0.717, 1.165) is 56.7 Å². The summed E-state index contributed by atoms with van der Waals surface area (Å²) < 4.78 is 5.96. The van der Waals surface area contributed by atoms with E-state index >= 15 is 0 Å². The third kappa shape index (κ3) is 6.35. The zero-order chi connectivity index (χ0) is 19.1. The number of hydrogen-bond donors (Lipinski definition) is 2.